The average Bonchev–Trinajstić information content (AvgIpc) is 2.96. The molecule has 26 heavy (non-hydrogen) atoms. The number of hydrogen-bond donors (Lipinski definition) is 2. The van der Waals surface area contributed by atoms with Crippen molar-refractivity contribution in [2.24, 2.45) is 0 Å². The van der Waals surface area contributed by atoms with Crippen LogP contribution in [0.5, 0.6) is 5.75 Å². The first-order valence-corrected chi connectivity index (χ1v) is 9.59. The Labute approximate surface area is 167 Å². The molecule has 0 saturated carbocycles. The molecular weight excluding hydrogens is 440 g/mol. The molecule has 0 aliphatic rings. The summed E-state index contributed by atoms with van der Waals surface area (Å²) in [6, 6.07) is 12.9. The number of hydrogen-bond acceptors (Lipinski definition) is 4. The molecule has 0 unspecified atom stereocenters. The zero-order chi connectivity index (χ0) is 18.7. The van der Waals surface area contributed by atoms with Crippen molar-refractivity contribution in [1.29, 1.82) is 0 Å². The molecule has 0 aliphatic carbocycles. The Morgan fingerprint density at radius 1 is 1.19 bits per heavy atom. The summed E-state index contributed by atoms with van der Waals surface area (Å²) >= 11 is 10.9. The van der Waals surface area contributed by atoms with Gasteiger partial charge in [0.25, 0.3) is 11.8 Å². The zero-order valence-electron chi connectivity index (χ0n) is 13.6. The Balaban J connectivity index is 1.56. The van der Waals surface area contributed by atoms with Gasteiger partial charge in [0, 0.05) is 14.6 Å². The van der Waals surface area contributed by atoms with E-state index in [1.54, 1.807) is 6.07 Å². The van der Waals surface area contributed by atoms with Crippen LogP contribution in [-0.2, 0) is 4.79 Å². The van der Waals surface area contributed by atoms with Crippen LogP contribution in [-0.4, -0.2) is 18.4 Å². The van der Waals surface area contributed by atoms with Crippen LogP contribution in [0.3, 0.4) is 0 Å². The Hall–Kier alpha value is -2.09. The van der Waals surface area contributed by atoms with Gasteiger partial charge in [-0.2, -0.15) is 0 Å². The van der Waals surface area contributed by atoms with Gasteiger partial charge in [0.15, 0.2) is 6.61 Å². The van der Waals surface area contributed by atoms with Crippen LogP contribution in [0.1, 0.15) is 15.2 Å². The van der Waals surface area contributed by atoms with Crippen molar-refractivity contribution in [2.45, 2.75) is 6.92 Å². The third-order valence-electron chi connectivity index (χ3n) is 3.55. The van der Waals surface area contributed by atoms with Gasteiger partial charge in [-0.15, -0.1) is 11.3 Å². The zero-order valence-corrected chi connectivity index (χ0v) is 16.8. The molecule has 3 aromatic rings. The summed E-state index contributed by atoms with van der Waals surface area (Å²) in [5.74, 6) is -0.343. The lowest BCUT2D eigenvalue weighted by Gasteiger charge is -2.10. The van der Waals surface area contributed by atoms with Crippen LogP contribution in [0.2, 0.25) is 5.02 Å². The predicted molar refractivity (Wildman–Crippen MR) is 107 cm³/mol. The molecule has 0 aliphatic heterocycles. The third kappa shape index (κ3) is 4.17. The summed E-state index contributed by atoms with van der Waals surface area (Å²) in [6.07, 6.45) is 0. The highest BCUT2D eigenvalue weighted by molar-refractivity contribution is 9.10. The molecule has 0 fully saturated rings. The van der Waals surface area contributed by atoms with Gasteiger partial charge in [-0.3, -0.25) is 20.4 Å². The van der Waals surface area contributed by atoms with Gasteiger partial charge < -0.3 is 4.74 Å². The van der Waals surface area contributed by atoms with Crippen LogP contribution in [0, 0.1) is 6.92 Å². The fourth-order valence-electron chi connectivity index (χ4n) is 2.30. The predicted octanol–water partition coefficient (Wildman–Crippen LogP) is 4.47. The standard InChI is InChI=1S/C18H14BrClN2O3S/c1-10-8-11(19)6-7-13(10)25-9-15(23)21-22-18(24)17-16(20)12-4-2-3-5-14(12)26-17/h2-8H,9H2,1H3,(H,21,23)(H,22,24). The van der Waals surface area contributed by atoms with E-state index in [4.69, 9.17) is 16.3 Å². The molecule has 0 saturated heterocycles. The topological polar surface area (TPSA) is 67.4 Å². The lowest BCUT2D eigenvalue weighted by Crippen LogP contribution is -2.43. The van der Waals surface area contributed by atoms with Crippen molar-refractivity contribution >= 4 is 60.8 Å². The molecule has 3 rings (SSSR count). The van der Waals surface area contributed by atoms with Crippen LogP contribution >= 0.6 is 38.9 Å². The highest BCUT2D eigenvalue weighted by atomic mass is 79.9. The van der Waals surface area contributed by atoms with E-state index in [0.29, 0.717) is 15.6 Å². The van der Waals surface area contributed by atoms with E-state index in [-0.39, 0.29) is 6.61 Å². The fraction of sp³-hybridized carbons (Fsp3) is 0.111. The number of fused-ring (bicyclic) bond motifs is 1. The lowest BCUT2D eigenvalue weighted by atomic mass is 10.2. The van der Waals surface area contributed by atoms with E-state index in [0.717, 1.165) is 20.1 Å². The molecule has 2 amide bonds. The second-order valence-electron chi connectivity index (χ2n) is 5.44. The summed E-state index contributed by atoms with van der Waals surface area (Å²) in [7, 11) is 0. The van der Waals surface area contributed by atoms with Crippen molar-refractivity contribution in [1.82, 2.24) is 10.9 Å². The minimum Gasteiger partial charge on any atom is -0.483 e. The summed E-state index contributed by atoms with van der Waals surface area (Å²) in [5.41, 5.74) is 5.59. The number of ether oxygens (including phenoxy) is 1. The van der Waals surface area contributed by atoms with Crippen LogP contribution in [0.25, 0.3) is 10.1 Å². The number of amides is 2. The van der Waals surface area contributed by atoms with Gasteiger partial charge in [-0.1, -0.05) is 45.7 Å². The molecule has 134 valence electrons. The van der Waals surface area contributed by atoms with Crippen LogP contribution in [0.15, 0.2) is 46.9 Å². The number of carbonyl (C=O) groups is 2. The third-order valence-corrected chi connectivity index (χ3v) is 5.72. The van der Waals surface area contributed by atoms with E-state index < -0.39 is 11.8 Å². The van der Waals surface area contributed by atoms with E-state index in [9.17, 15) is 9.59 Å². The van der Waals surface area contributed by atoms with Gasteiger partial charge in [-0.25, -0.2) is 0 Å². The average molecular weight is 454 g/mol. The Bertz CT molecular complexity index is 990. The smallest absolute Gasteiger partial charge is 0.281 e. The minimum atomic E-state index is -0.474. The van der Waals surface area contributed by atoms with Gasteiger partial charge in [0.2, 0.25) is 0 Å². The fourth-order valence-corrected chi connectivity index (χ4v) is 4.19. The summed E-state index contributed by atoms with van der Waals surface area (Å²) < 4.78 is 7.29. The first kappa shape index (κ1) is 18.7. The maximum absolute atomic E-state index is 12.3. The highest BCUT2D eigenvalue weighted by Crippen LogP contribution is 2.34. The number of halogens is 2. The van der Waals surface area contributed by atoms with Crippen molar-refractivity contribution in [2.75, 3.05) is 6.61 Å². The van der Waals surface area contributed by atoms with E-state index in [1.165, 1.54) is 11.3 Å². The maximum Gasteiger partial charge on any atom is 0.281 e. The molecule has 0 atom stereocenters. The number of carbonyl (C=O) groups excluding carboxylic acids is 2. The first-order valence-electron chi connectivity index (χ1n) is 7.61. The Morgan fingerprint density at radius 3 is 2.69 bits per heavy atom. The number of hydrazine groups is 1. The number of nitrogens with one attached hydrogen (secondary N) is 2. The second-order valence-corrected chi connectivity index (χ2v) is 7.79. The van der Waals surface area contributed by atoms with Gasteiger partial charge in [0.1, 0.15) is 10.6 Å². The van der Waals surface area contributed by atoms with Gasteiger partial charge >= 0.3 is 0 Å². The summed E-state index contributed by atoms with van der Waals surface area (Å²) in [5, 5.41) is 1.18. The van der Waals surface area contributed by atoms with Gasteiger partial charge in [0.05, 0.1) is 5.02 Å². The summed E-state index contributed by atoms with van der Waals surface area (Å²) in [6.45, 7) is 1.66. The first-order chi connectivity index (χ1) is 12.5. The summed E-state index contributed by atoms with van der Waals surface area (Å²) in [4.78, 5) is 24.5. The normalized spacial score (nSPS) is 10.6. The van der Waals surface area contributed by atoms with E-state index >= 15 is 0 Å². The molecule has 0 spiro atoms. The van der Waals surface area contributed by atoms with Crippen molar-refractivity contribution in [3.05, 3.63) is 62.4 Å². The van der Waals surface area contributed by atoms with Crippen molar-refractivity contribution in [3.63, 3.8) is 0 Å². The number of thiophene rings is 1. The molecule has 0 radical (unpaired) electrons. The van der Waals surface area contributed by atoms with Gasteiger partial charge in [-0.05, 0) is 36.8 Å². The molecule has 2 N–H and O–H groups in total. The molecular formula is C18H14BrClN2O3S. The van der Waals surface area contributed by atoms with Crippen molar-refractivity contribution < 1.29 is 14.3 Å². The molecule has 5 nitrogen and oxygen atoms in total. The Morgan fingerprint density at radius 2 is 1.96 bits per heavy atom. The maximum atomic E-state index is 12.3. The second kappa shape index (κ2) is 8.07. The molecule has 1 aromatic heterocycles. The molecule has 1 heterocycles. The highest BCUT2D eigenvalue weighted by Gasteiger charge is 2.17. The van der Waals surface area contributed by atoms with Crippen molar-refractivity contribution in [3.8, 4) is 5.75 Å². The largest absolute Gasteiger partial charge is 0.483 e. The van der Waals surface area contributed by atoms with Crippen LogP contribution < -0.4 is 15.6 Å². The number of benzene rings is 2. The SMILES string of the molecule is Cc1cc(Br)ccc1OCC(=O)NNC(=O)c1sc2ccccc2c1Cl. The number of rotatable bonds is 4. The Kier molecular flexibility index (Phi) is 5.80. The molecule has 8 heteroatoms. The lowest BCUT2D eigenvalue weighted by molar-refractivity contribution is -0.123. The molecule has 2 aromatic carbocycles. The monoisotopic (exact) mass is 452 g/mol. The molecule has 0 bridgehead atoms. The van der Waals surface area contributed by atoms with E-state index in [2.05, 4.69) is 26.8 Å². The quantitative estimate of drug-likeness (QED) is 0.573. The minimum absolute atomic E-state index is 0.219. The van der Waals surface area contributed by atoms with Crippen LogP contribution in [0.4, 0.5) is 0 Å². The van der Waals surface area contributed by atoms with E-state index in [1.807, 2.05) is 43.3 Å². The number of aryl methyl sites for hydroxylation is 1.